The number of ether oxygens (including phenoxy) is 1. The topological polar surface area (TPSA) is 47.9 Å². The van der Waals surface area contributed by atoms with Crippen LogP contribution in [0.3, 0.4) is 0 Å². The average Bonchev–Trinajstić information content (AvgIpc) is 2.68. The molecule has 122 valence electrons. The average molecular weight is 348 g/mol. The second-order valence-corrected chi connectivity index (χ2v) is 5.89. The molecule has 0 saturated heterocycles. The van der Waals surface area contributed by atoms with Crippen molar-refractivity contribution >= 4 is 22.5 Å². The number of nitrogens with zero attached hydrogens (tertiary/aromatic N) is 3. The summed E-state index contributed by atoms with van der Waals surface area (Å²) >= 11 is 6.37. The van der Waals surface area contributed by atoms with Gasteiger partial charge in [0.05, 0.1) is 5.52 Å². The Labute approximate surface area is 150 Å². The monoisotopic (exact) mass is 347 g/mol. The predicted molar refractivity (Wildman–Crippen MR) is 98.6 cm³/mol. The van der Waals surface area contributed by atoms with Gasteiger partial charge in [-0.2, -0.15) is 0 Å². The number of pyridine rings is 1. The molecule has 0 spiro atoms. The summed E-state index contributed by atoms with van der Waals surface area (Å²) in [5.74, 6) is 1.29. The highest BCUT2D eigenvalue weighted by Gasteiger charge is 2.09. The third kappa shape index (κ3) is 3.44. The van der Waals surface area contributed by atoms with Crippen molar-refractivity contribution in [3.63, 3.8) is 0 Å². The minimum absolute atomic E-state index is 0.397. The summed E-state index contributed by atoms with van der Waals surface area (Å²) in [5, 5.41) is 1.16. The molecular weight excluding hydrogens is 334 g/mol. The first kappa shape index (κ1) is 15.5. The van der Waals surface area contributed by atoms with Crippen molar-refractivity contribution in [2.75, 3.05) is 0 Å². The van der Waals surface area contributed by atoms with Gasteiger partial charge < -0.3 is 4.74 Å². The van der Waals surface area contributed by atoms with E-state index >= 15 is 0 Å². The molecule has 0 radical (unpaired) electrons. The smallest absolute Gasteiger partial charge is 0.163 e. The van der Waals surface area contributed by atoms with E-state index < -0.39 is 0 Å². The number of fused-ring (bicyclic) bond motifs is 1. The molecule has 2 heterocycles. The SMILES string of the molecule is Clc1nc(-c2cccnc2)nc2ccc(OCc3ccccc3)cc12. The van der Waals surface area contributed by atoms with Gasteiger partial charge in [-0.15, -0.1) is 0 Å². The number of halogens is 1. The summed E-state index contributed by atoms with van der Waals surface area (Å²) in [5.41, 5.74) is 2.71. The van der Waals surface area contributed by atoms with Gasteiger partial charge >= 0.3 is 0 Å². The van der Waals surface area contributed by atoms with E-state index in [1.165, 1.54) is 0 Å². The molecule has 0 amide bonds. The van der Waals surface area contributed by atoms with Crippen molar-refractivity contribution in [1.82, 2.24) is 15.0 Å². The Kier molecular flexibility index (Phi) is 4.27. The van der Waals surface area contributed by atoms with E-state index in [4.69, 9.17) is 16.3 Å². The highest BCUT2D eigenvalue weighted by molar-refractivity contribution is 6.34. The molecule has 0 aliphatic rings. The molecule has 0 fully saturated rings. The van der Waals surface area contributed by atoms with E-state index in [9.17, 15) is 0 Å². The van der Waals surface area contributed by atoms with Crippen LogP contribution in [-0.2, 0) is 6.61 Å². The van der Waals surface area contributed by atoms with Crippen LogP contribution in [0, 0.1) is 0 Å². The molecule has 25 heavy (non-hydrogen) atoms. The second-order valence-electron chi connectivity index (χ2n) is 5.53. The van der Waals surface area contributed by atoms with Crippen LogP contribution in [0.15, 0.2) is 73.1 Å². The number of hydrogen-bond acceptors (Lipinski definition) is 4. The van der Waals surface area contributed by atoms with Crippen LogP contribution < -0.4 is 4.74 Å². The molecule has 0 N–H and O–H groups in total. The highest BCUT2D eigenvalue weighted by atomic mass is 35.5. The quantitative estimate of drug-likeness (QED) is 0.491. The number of rotatable bonds is 4. The Balaban J connectivity index is 1.64. The second kappa shape index (κ2) is 6.87. The fourth-order valence-corrected chi connectivity index (χ4v) is 2.76. The molecule has 0 bridgehead atoms. The molecular formula is C20H14ClN3O. The summed E-state index contributed by atoms with van der Waals surface area (Å²) in [6.07, 6.45) is 3.43. The Bertz CT molecular complexity index is 1010. The predicted octanol–water partition coefficient (Wildman–Crippen LogP) is 4.92. The molecule has 0 unspecified atom stereocenters. The van der Waals surface area contributed by atoms with Crippen LogP contribution >= 0.6 is 11.6 Å². The van der Waals surface area contributed by atoms with Gasteiger partial charge in [0.1, 0.15) is 17.5 Å². The number of aromatic nitrogens is 3. The highest BCUT2D eigenvalue weighted by Crippen LogP contribution is 2.28. The van der Waals surface area contributed by atoms with Crippen molar-refractivity contribution in [3.8, 4) is 17.1 Å². The third-order valence-electron chi connectivity index (χ3n) is 3.79. The Hall–Kier alpha value is -2.98. The van der Waals surface area contributed by atoms with Gasteiger partial charge in [-0.3, -0.25) is 4.98 Å². The molecule has 4 aromatic rings. The van der Waals surface area contributed by atoms with Gasteiger partial charge in [0.15, 0.2) is 5.82 Å². The van der Waals surface area contributed by atoms with Crippen LogP contribution in [0.1, 0.15) is 5.56 Å². The molecule has 4 nitrogen and oxygen atoms in total. The van der Waals surface area contributed by atoms with Gasteiger partial charge in [-0.05, 0) is 35.9 Å². The van der Waals surface area contributed by atoms with E-state index in [2.05, 4.69) is 15.0 Å². The Morgan fingerprint density at radius 2 is 1.80 bits per heavy atom. The minimum atomic E-state index is 0.397. The maximum atomic E-state index is 6.37. The molecule has 2 aromatic carbocycles. The van der Waals surface area contributed by atoms with Crippen molar-refractivity contribution in [1.29, 1.82) is 0 Å². The molecule has 0 aliphatic carbocycles. The van der Waals surface area contributed by atoms with Crippen molar-refractivity contribution in [3.05, 3.63) is 83.8 Å². The molecule has 0 atom stereocenters. The molecule has 0 saturated carbocycles. The lowest BCUT2D eigenvalue weighted by Crippen LogP contribution is -1.96. The maximum absolute atomic E-state index is 6.37. The Morgan fingerprint density at radius 3 is 2.60 bits per heavy atom. The summed E-state index contributed by atoms with van der Waals surface area (Å²) in [6.45, 7) is 0.499. The van der Waals surface area contributed by atoms with Crippen molar-refractivity contribution in [2.45, 2.75) is 6.61 Å². The zero-order valence-electron chi connectivity index (χ0n) is 13.3. The fourth-order valence-electron chi connectivity index (χ4n) is 2.52. The molecule has 0 aliphatic heterocycles. The van der Waals surface area contributed by atoms with E-state index in [0.717, 1.165) is 27.8 Å². The first-order valence-electron chi connectivity index (χ1n) is 7.84. The van der Waals surface area contributed by atoms with Crippen LogP contribution in [0.4, 0.5) is 0 Å². The van der Waals surface area contributed by atoms with E-state index in [-0.39, 0.29) is 0 Å². The fraction of sp³-hybridized carbons (Fsp3) is 0.0500. The van der Waals surface area contributed by atoms with Gasteiger partial charge in [0.2, 0.25) is 0 Å². The van der Waals surface area contributed by atoms with Crippen molar-refractivity contribution in [2.24, 2.45) is 0 Å². The number of hydrogen-bond donors (Lipinski definition) is 0. The van der Waals surface area contributed by atoms with Crippen molar-refractivity contribution < 1.29 is 4.74 Å². The first-order chi connectivity index (χ1) is 12.3. The summed E-state index contributed by atoms with van der Waals surface area (Å²) < 4.78 is 5.85. The first-order valence-corrected chi connectivity index (χ1v) is 8.22. The molecule has 4 rings (SSSR count). The van der Waals surface area contributed by atoms with Gasteiger partial charge in [-0.25, -0.2) is 9.97 Å². The van der Waals surface area contributed by atoms with Gasteiger partial charge in [0.25, 0.3) is 0 Å². The lowest BCUT2D eigenvalue weighted by molar-refractivity contribution is 0.306. The van der Waals surface area contributed by atoms with Gasteiger partial charge in [0, 0.05) is 23.3 Å². The van der Waals surface area contributed by atoms with E-state index in [1.807, 2.05) is 60.7 Å². The molecule has 5 heteroatoms. The van der Waals surface area contributed by atoms with Gasteiger partial charge in [-0.1, -0.05) is 41.9 Å². The lowest BCUT2D eigenvalue weighted by Gasteiger charge is -2.09. The summed E-state index contributed by atoms with van der Waals surface area (Å²) in [6, 6.07) is 19.4. The third-order valence-corrected chi connectivity index (χ3v) is 4.08. The summed E-state index contributed by atoms with van der Waals surface area (Å²) in [4.78, 5) is 13.1. The summed E-state index contributed by atoms with van der Waals surface area (Å²) in [7, 11) is 0. The minimum Gasteiger partial charge on any atom is -0.489 e. The van der Waals surface area contributed by atoms with Crippen LogP contribution in [-0.4, -0.2) is 15.0 Å². The van der Waals surface area contributed by atoms with Crippen LogP contribution in [0.25, 0.3) is 22.3 Å². The van der Waals surface area contributed by atoms with E-state index in [1.54, 1.807) is 12.4 Å². The number of benzene rings is 2. The molecule has 2 aromatic heterocycles. The standard InChI is InChI=1S/C20H14ClN3O/c21-19-17-11-16(25-13-14-5-2-1-3-6-14)8-9-18(17)23-20(24-19)15-7-4-10-22-12-15/h1-12H,13H2. The zero-order chi connectivity index (χ0) is 17.1. The maximum Gasteiger partial charge on any atom is 0.163 e. The zero-order valence-corrected chi connectivity index (χ0v) is 14.0. The lowest BCUT2D eigenvalue weighted by atomic mass is 10.2. The largest absolute Gasteiger partial charge is 0.489 e. The van der Waals surface area contributed by atoms with Crippen LogP contribution in [0.5, 0.6) is 5.75 Å². The normalized spacial score (nSPS) is 10.8. The van der Waals surface area contributed by atoms with Crippen LogP contribution in [0.2, 0.25) is 5.15 Å². The Morgan fingerprint density at radius 1 is 0.920 bits per heavy atom. The van der Waals surface area contributed by atoms with E-state index in [0.29, 0.717) is 17.6 Å².